The van der Waals surface area contributed by atoms with Crippen LogP contribution in [0.4, 0.5) is 8.78 Å². The fourth-order valence-corrected chi connectivity index (χ4v) is 7.42. The van der Waals surface area contributed by atoms with Crippen LogP contribution in [-0.4, -0.2) is 191 Å². The number of rotatable bonds is 16. The fourth-order valence-electron chi connectivity index (χ4n) is 7.42. The second-order valence-electron chi connectivity index (χ2n) is 15.0. The molecule has 2 saturated carbocycles. The summed E-state index contributed by atoms with van der Waals surface area (Å²) in [6.45, 7) is -1.17. The number of nitrogens with two attached hydrogens (primary N) is 6. The van der Waals surface area contributed by atoms with Crippen LogP contribution in [0.1, 0.15) is 19.3 Å². The number of hydrogen-bond acceptors (Lipinski definition) is 20. The molecule has 1 amide bonds. The van der Waals surface area contributed by atoms with Crippen LogP contribution in [0.5, 0.6) is 0 Å². The lowest BCUT2D eigenvalue weighted by Crippen LogP contribution is -2.67. The molecule has 5 rings (SSSR count). The van der Waals surface area contributed by atoms with Gasteiger partial charge in [0.15, 0.2) is 25.0 Å². The highest BCUT2D eigenvalue weighted by Crippen LogP contribution is 2.34. The number of amides is 1. The van der Waals surface area contributed by atoms with Crippen molar-refractivity contribution in [3.63, 3.8) is 0 Å². The third-order valence-corrected chi connectivity index (χ3v) is 10.8. The van der Waals surface area contributed by atoms with Crippen LogP contribution in [0.15, 0.2) is 12.2 Å². The van der Waals surface area contributed by atoms with Crippen molar-refractivity contribution in [3.05, 3.63) is 12.2 Å². The van der Waals surface area contributed by atoms with E-state index in [4.69, 9.17) is 62.8 Å². The van der Waals surface area contributed by atoms with E-state index in [0.717, 1.165) is 19.4 Å². The van der Waals surface area contributed by atoms with E-state index in [0.29, 0.717) is 12.5 Å². The van der Waals surface area contributed by atoms with Gasteiger partial charge in [-0.05, 0) is 31.7 Å². The summed E-state index contributed by atoms with van der Waals surface area (Å²) >= 11 is 0. The fraction of sp³-hybridized carbons (Fsp3) is 0.906. The number of aliphatic hydroxyl groups excluding tert-OH is 6. The van der Waals surface area contributed by atoms with E-state index < -0.39 is 135 Å². The van der Waals surface area contributed by atoms with E-state index in [9.17, 15) is 44.2 Å². The Morgan fingerprint density at radius 1 is 0.818 bits per heavy atom. The number of carbonyl (C=O) groups excluding carboxylic acids is 1. The molecule has 55 heavy (non-hydrogen) atoms. The lowest BCUT2D eigenvalue weighted by atomic mass is 9.81. The molecule has 0 bridgehead atoms. The van der Waals surface area contributed by atoms with Crippen molar-refractivity contribution in [1.82, 2.24) is 10.6 Å². The molecule has 0 aromatic rings. The zero-order valence-corrected chi connectivity index (χ0v) is 30.1. The number of hydrogen-bond donors (Lipinski definition) is 14. The Morgan fingerprint density at radius 2 is 1.47 bits per heavy atom. The minimum absolute atomic E-state index is 0.199. The van der Waals surface area contributed by atoms with E-state index in [-0.39, 0.29) is 19.0 Å². The standard InChI is InChI=1S/C32H58F2N8O13/c33-32(34,10-36)27(48)28(49)42-16-5-15(39)24(53-29-14(38)2-1-13(50-29)8-41-7-11-3-12(37)4-11)26(20(16)44)55-31-23(47)25(18(9-43)52-31)54-30-19(40)22(46)21(45)17(6-35)51-30/h1-2,11-27,29-31,41,43-48H,3-10,35-40H2,(H,42,49)/t11?,12?,13-,14+,15-,16+,17-,18+,19+,20-,21+,22+,23+,24+,25+,26+,27?,29+,30+,31-/m0/s1. The number of ether oxygens (including phenoxy) is 6. The molecule has 3 heterocycles. The number of carbonyl (C=O) groups is 1. The van der Waals surface area contributed by atoms with E-state index >= 15 is 0 Å². The molecule has 21 nitrogen and oxygen atoms in total. The van der Waals surface area contributed by atoms with Crippen molar-refractivity contribution in [1.29, 1.82) is 0 Å². The van der Waals surface area contributed by atoms with Crippen LogP contribution in [0.2, 0.25) is 0 Å². The van der Waals surface area contributed by atoms with Gasteiger partial charge < -0.3 is 104 Å². The lowest BCUT2D eigenvalue weighted by Gasteiger charge is -2.46. The van der Waals surface area contributed by atoms with Crippen LogP contribution < -0.4 is 45.0 Å². The van der Waals surface area contributed by atoms with Crippen molar-refractivity contribution < 1.29 is 72.6 Å². The summed E-state index contributed by atoms with van der Waals surface area (Å²) < 4.78 is 63.9. The van der Waals surface area contributed by atoms with Crippen LogP contribution in [-0.2, 0) is 33.2 Å². The molecule has 2 aliphatic carbocycles. The SMILES string of the molecule is NC[C@@H]1O[C@H](O[C@H]2[C@@H](O)[C@H](O[C@@H]3[C@@H](O)[C@H](NC(=O)C(O)C(F)(F)CN)C[C@H](N)[C@H]3O[C@H]3O[C@H](CNCC4CC(N)C4)C=C[C@H]3N)O[C@@H]2CO)[C@H](N)[C@@H](O)[C@@H]1O. The van der Waals surface area contributed by atoms with Crippen molar-refractivity contribution in [3.8, 4) is 0 Å². The molecule has 5 aliphatic rings. The monoisotopic (exact) mass is 800 g/mol. The van der Waals surface area contributed by atoms with Crippen molar-refractivity contribution in [2.45, 2.75) is 141 Å². The molecule has 1 unspecified atom stereocenters. The quantitative estimate of drug-likeness (QED) is 0.0645. The normalized spacial score (nSPS) is 45.6. The summed E-state index contributed by atoms with van der Waals surface area (Å²) in [5.74, 6) is -5.10. The Balaban J connectivity index is 1.32. The highest BCUT2D eigenvalue weighted by Gasteiger charge is 2.54. The highest BCUT2D eigenvalue weighted by molar-refractivity contribution is 5.82. The summed E-state index contributed by atoms with van der Waals surface area (Å²) in [5.41, 5.74) is 35.4. The molecule has 0 aromatic carbocycles. The summed E-state index contributed by atoms with van der Waals surface area (Å²) in [5, 5.41) is 69.3. The second-order valence-corrected chi connectivity index (χ2v) is 15.0. The van der Waals surface area contributed by atoms with Gasteiger partial charge in [-0.25, -0.2) is 8.78 Å². The average molecular weight is 801 g/mol. The van der Waals surface area contributed by atoms with Gasteiger partial charge >= 0.3 is 0 Å². The predicted molar refractivity (Wildman–Crippen MR) is 184 cm³/mol. The summed E-state index contributed by atoms with van der Waals surface area (Å²) in [6, 6.07) is -4.49. The third kappa shape index (κ3) is 10.1. The van der Waals surface area contributed by atoms with Gasteiger partial charge in [-0.1, -0.05) is 12.2 Å². The largest absolute Gasteiger partial charge is 0.394 e. The van der Waals surface area contributed by atoms with E-state index in [1.54, 1.807) is 12.2 Å². The van der Waals surface area contributed by atoms with E-state index in [1.807, 2.05) is 0 Å². The Morgan fingerprint density at radius 3 is 2.11 bits per heavy atom. The third-order valence-electron chi connectivity index (χ3n) is 10.8. The average Bonchev–Trinajstić information content (AvgIpc) is 3.44. The summed E-state index contributed by atoms with van der Waals surface area (Å²) in [6.07, 6.45) is -16.0. The maximum Gasteiger partial charge on any atom is 0.294 e. The number of nitrogens with one attached hydrogen (secondary N) is 2. The van der Waals surface area contributed by atoms with Gasteiger partial charge in [0.05, 0.1) is 37.4 Å². The van der Waals surface area contributed by atoms with Crippen LogP contribution in [0.25, 0.3) is 0 Å². The topological polar surface area (TPSA) is 374 Å². The Bertz CT molecular complexity index is 1280. The molecule has 0 aromatic heterocycles. The first-order chi connectivity index (χ1) is 26.0. The summed E-state index contributed by atoms with van der Waals surface area (Å²) in [4.78, 5) is 12.7. The van der Waals surface area contributed by atoms with Crippen LogP contribution >= 0.6 is 0 Å². The number of aliphatic hydroxyl groups is 6. The zero-order chi connectivity index (χ0) is 40.4. The molecular formula is C32H58F2N8O13. The predicted octanol–water partition coefficient (Wildman–Crippen LogP) is -7.58. The van der Waals surface area contributed by atoms with Crippen molar-refractivity contribution in [2.75, 3.05) is 32.8 Å². The maximum absolute atomic E-state index is 14.1. The van der Waals surface area contributed by atoms with E-state index in [2.05, 4.69) is 10.6 Å². The van der Waals surface area contributed by atoms with Crippen LogP contribution in [0, 0.1) is 5.92 Å². The molecule has 23 heteroatoms. The van der Waals surface area contributed by atoms with Gasteiger partial charge in [0.25, 0.3) is 11.8 Å². The lowest BCUT2D eigenvalue weighted by molar-refractivity contribution is -0.284. The first-order valence-corrected chi connectivity index (χ1v) is 18.4. The maximum atomic E-state index is 14.1. The van der Waals surface area contributed by atoms with Gasteiger partial charge in [0.1, 0.15) is 54.9 Å². The molecule has 20 N–H and O–H groups in total. The summed E-state index contributed by atoms with van der Waals surface area (Å²) in [7, 11) is 0. The molecular weight excluding hydrogens is 742 g/mol. The first kappa shape index (κ1) is 44.4. The Kier molecular flexibility index (Phi) is 15.3. The van der Waals surface area contributed by atoms with Gasteiger partial charge in [0.2, 0.25) is 0 Å². The van der Waals surface area contributed by atoms with Crippen molar-refractivity contribution >= 4 is 5.91 Å². The molecule has 0 spiro atoms. The van der Waals surface area contributed by atoms with Gasteiger partial charge in [-0.3, -0.25) is 4.79 Å². The molecule has 4 fully saturated rings. The second kappa shape index (κ2) is 18.9. The molecule has 0 radical (unpaired) electrons. The van der Waals surface area contributed by atoms with Crippen LogP contribution in [0.3, 0.4) is 0 Å². The highest BCUT2D eigenvalue weighted by atomic mass is 19.3. The van der Waals surface area contributed by atoms with Gasteiger partial charge in [-0.15, -0.1) is 0 Å². The Labute approximate surface area is 315 Å². The van der Waals surface area contributed by atoms with E-state index in [1.165, 1.54) is 0 Å². The number of halogens is 2. The number of alkyl halides is 2. The molecule has 2 saturated heterocycles. The minimum atomic E-state index is -4.00. The van der Waals surface area contributed by atoms with Gasteiger partial charge in [-0.2, -0.15) is 0 Å². The molecule has 3 aliphatic heterocycles. The smallest absolute Gasteiger partial charge is 0.294 e. The Hall–Kier alpha value is -1.69. The van der Waals surface area contributed by atoms with Crippen molar-refractivity contribution in [2.24, 2.45) is 40.3 Å². The first-order valence-electron chi connectivity index (χ1n) is 18.4. The van der Waals surface area contributed by atoms with Gasteiger partial charge in [0, 0.05) is 25.2 Å². The molecule has 18 atom stereocenters. The molecule has 318 valence electrons. The zero-order valence-electron chi connectivity index (χ0n) is 30.1. The minimum Gasteiger partial charge on any atom is -0.394 e.